The van der Waals surface area contributed by atoms with Crippen LogP contribution in [0.4, 0.5) is 0 Å². The number of benzene rings is 10. The number of hydrogen-bond donors (Lipinski definition) is 0. The summed E-state index contributed by atoms with van der Waals surface area (Å²) in [6.07, 6.45) is 4.41. The third kappa shape index (κ3) is 5.57. The molecule has 10 aromatic carbocycles. The van der Waals surface area contributed by atoms with E-state index in [9.17, 15) is 0 Å². The van der Waals surface area contributed by atoms with E-state index in [0.717, 1.165) is 22.5 Å². The Bertz CT molecular complexity index is 3380. The molecule has 0 aliphatic heterocycles. The van der Waals surface area contributed by atoms with Crippen LogP contribution in [0, 0.1) is 0 Å². The minimum atomic E-state index is 1.15. The van der Waals surface area contributed by atoms with E-state index in [0.29, 0.717) is 0 Å². The van der Waals surface area contributed by atoms with Crippen molar-refractivity contribution in [2.45, 2.75) is 0 Å². The van der Waals surface area contributed by atoms with E-state index in [1.54, 1.807) is 0 Å². The summed E-state index contributed by atoms with van der Waals surface area (Å²) in [5.41, 5.74) is 14.4. The maximum absolute atomic E-state index is 2.39. The molecule has 12 aromatic rings. The molecule has 0 unspecified atom stereocenters. The molecule has 0 bridgehead atoms. The van der Waals surface area contributed by atoms with Gasteiger partial charge in [-0.25, -0.2) is 0 Å². The Morgan fingerprint density at radius 2 is 0.633 bits per heavy atom. The summed E-state index contributed by atoms with van der Waals surface area (Å²) in [4.78, 5) is 0. The lowest BCUT2D eigenvalue weighted by molar-refractivity contribution is 1.18. The average Bonchev–Trinajstić information content (AvgIpc) is 3.83. The Morgan fingerprint density at radius 1 is 0.267 bits per heavy atom. The number of rotatable bonds is 6. The third-order valence-corrected chi connectivity index (χ3v) is 12.3. The minimum absolute atomic E-state index is 1.15. The monoisotopic (exact) mass is 762 g/mol. The van der Waals surface area contributed by atoms with Gasteiger partial charge < -0.3 is 9.13 Å². The Kier molecular flexibility index (Phi) is 7.89. The highest BCUT2D eigenvalue weighted by Crippen LogP contribution is 2.39. The predicted octanol–water partition coefficient (Wildman–Crippen LogP) is 15.7. The predicted molar refractivity (Wildman–Crippen MR) is 256 cm³/mol. The third-order valence-electron chi connectivity index (χ3n) is 12.3. The number of fused-ring (bicyclic) bond motifs is 8. The van der Waals surface area contributed by atoms with E-state index in [-0.39, 0.29) is 0 Å². The van der Waals surface area contributed by atoms with Crippen molar-refractivity contribution < 1.29 is 0 Å². The summed E-state index contributed by atoms with van der Waals surface area (Å²) in [7, 11) is 0. The molecule has 0 saturated heterocycles. The van der Waals surface area contributed by atoms with Crippen LogP contribution in [0.25, 0.3) is 111 Å². The molecule has 0 saturated carbocycles. The molecule has 0 aliphatic rings. The standard InChI is InChI=1S/C58H38N2/c1-3-15-47-41(11-1)13-9-19-49(47)43-29-35-57-53(37-43)51-17-5-7-21-55(51)59(57)45-31-25-39(26-32-45)23-24-40-27-33-46(34-28-40)60-56-22-8-6-18-52(56)54-38-44(30-36-58(54)60)50-20-10-14-42-12-2-4-16-48(42)50/h1-38H. The molecule has 2 nitrogen and oxygen atoms in total. The molecule has 0 spiro atoms. The van der Waals surface area contributed by atoms with E-state index < -0.39 is 0 Å². The van der Waals surface area contributed by atoms with Gasteiger partial charge in [0.1, 0.15) is 0 Å². The van der Waals surface area contributed by atoms with E-state index in [4.69, 9.17) is 0 Å². The van der Waals surface area contributed by atoms with E-state index in [2.05, 4.69) is 240 Å². The lowest BCUT2D eigenvalue weighted by Gasteiger charge is -2.10. The van der Waals surface area contributed by atoms with Gasteiger partial charge in [-0.2, -0.15) is 0 Å². The molecule has 2 aromatic heterocycles. The van der Waals surface area contributed by atoms with Crippen molar-refractivity contribution in [2.24, 2.45) is 0 Å². The molecular weight excluding hydrogens is 725 g/mol. The first-order valence-electron chi connectivity index (χ1n) is 20.7. The number of para-hydroxylation sites is 2. The van der Waals surface area contributed by atoms with Crippen LogP contribution in [0.3, 0.4) is 0 Å². The molecule has 0 aliphatic carbocycles. The van der Waals surface area contributed by atoms with E-state index in [1.807, 2.05) is 0 Å². The van der Waals surface area contributed by atoms with Gasteiger partial charge in [0.15, 0.2) is 0 Å². The zero-order valence-corrected chi connectivity index (χ0v) is 32.8. The molecule has 0 fully saturated rings. The van der Waals surface area contributed by atoms with Crippen molar-refractivity contribution in [2.75, 3.05) is 0 Å². The van der Waals surface area contributed by atoms with E-state index in [1.165, 1.54) is 87.4 Å². The number of nitrogens with zero attached hydrogens (tertiary/aromatic N) is 2. The van der Waals surface area contributed by atoms with Crippen molar-refractivity contribution in [1.29, 1.82) is 0 Å². The quantitative estimate of drug-likeness (QED) is 0.149. The van der Waals surface area contributed by atoms with Gasteiger partial charge in [-0.1, -0.05) is 170 Å². The molecule has 60 heavy (non-hydrogen) atoms. The summed E-state index contributed by atoms with van der Waals surface area (Å²) in [5.74, 6) is 0. The highest BCUT2D eigenvalue weighted by Gasteiger charge is 2.16. The Hall–Kier alpha value is -7.94. The molecule has 0 radical (unpaired) electrons. The molecular formula is C58H38N2. The summed E-state index contributed by atoms with van der Waals surface area (Å²) >= 11 is 0. The Labute approximate surface area is 348 Å². The lowest BCUT2D eigenvalue weighted by atomic mass is 9.97. The van der Waals surface area contributed by atoms with Crippen LogP contribution in [-0.2, 0) is 0 Å². The Morgan fingerprint density at radius 3 is 1.08 bits per heavy atom. The lowest BCUT2D eigenvalue weighted by Crippen LogP contribution is -1.94. The molecule has 12 rings (SSSR count). The van der Waals surface area contributed by atoms with Gasteiger partial charge in [0.2, 0.25) is 0 Å². The minimum Gasteiger partial charge on any atom is -0.309 e. The first kappa shape index (κ1) is 34.1. The normalized spacial score (nSPS) is 11.9. The van der Waals surface area contributed by atoms with Crippen molar-refractivity contribution in [3.05, 3.63) is 230 Å². The summed E-state index contributed by atoms with van der Waals surface area (Å²) < 4.78 is 4.78. The van der Waals surface area contributed by atoms with Crippen molar-refractivity contribution in [3.63, 3.8) is 0 Å². The number of aromatic nitrogens is 2. The van der Waals surface area contributed by atoms with Gasteiger partial charge in [0.05, 0.1) is 22.1 Å². The molecule has 2 heterocycles. The second-order valence-electron chi connectivity index (χ2n) is 15.7. The molecule has 0 N–H and O–H groups in total. The Balaban J connectivity index is 0.846. The second-order valence-corrected chi connectivity index (χ2v) is 15.7. The van der Waals surface area contributed by atoms with Crippen LogP contribution in [0.15, 0.2) is 218 Å². The van der Waals surface area contributed by atoms with Crippen LogP contribution in [0.1, 0.15) is 11.1 Å². The van der Waals surface area contributed by atoms with Gasteiger partial charge in [0, 0.05) is 32.9 Å². The highest BCUT2D eigenvalue weighted by molar-refractivity contribution is 6.13. The maximum Gasteiger partial charge on any atom is 0.0541 e. The molecule has 280 valence electrons. The first-order chi connectivity index (χ1) is 29.7. The van der Waals surface area contributed by atoms with Crippen molar-refractivity contribution in [1.82, 2.24) is 9.13 Å². The first-order valence-corrected chi connectivity index (χ1v) is 20.7. The largest absolute Gasteiger partial charge is 0.309 e. The zero-order valence-electron chi connectivity index (χ0n) is 32.8. The zero-order chi connectivity index (χ0) is 39.6. The summed E-state index contributed by atoms with van der Waals surface area (Å²) in [6.45, 7) is 0. The highest BCUT2D eigenvalue weighted by atomic mass is 15.0. The fourth-order valence-electron chi connectivity index (χ4n) is 9.45. The fourth-order valence-corrected chi connectivity index (χ4v) is 9.45. The van der Waals surface area contributed by atoms with Crippen LogP contribution in [0.2, 0.25) is 0 Å². The summed E-state index contributed by atoms with van der Waals surface area (Å²) in [5, 5.41) is 10.1. The number of hydrogen-bond acceptors (Lipinski definition) is 0. The van der Waals surface area contributed by atoms with Crippen molar-refractivity contribution in [3.8, 4) is 33.6 Å². The van der Waals surface area contributed by atoms with Crippen LogP contribution < -0.4 is 0 Å². The van der Waals surface area contributed by atoms with E-state index >= 15 is 0 Å². The average molecular weight is 763 g/mol. The topological polar surface area (TPSA) is 9.86 Å². The van der Waals surface area contributed by atoms with Gasteiger partial charge in [0.25, 0.3) is 0 Å². The second kappa shape index (κ2) is 13.9. The van der Waals surface area contributed by atoms with Gasteiger partial charge in [-0.05, 0) is 116 Å². The molecule has 2 heteroatoms. The van der Waals surface area contributed by atoms with Crippen LogP contribution in [0.5, 0.6) is 0 Å². The molecule has 0 atom stereocenters. The van der Waals surface area contributed by atoms with Crippen molar-refractivity contribution >= 4 is 77.3 Å². The SMILES string of the molecule is C(=Cc1ccc(-n2c3ccccc3c3cc(-c4cccc5ccccc45)ccc32)cc1)c1ccc(-n2c3ccccc3c3cc(-c4cccc5ccccc45)ccc32)cc1. The summed E-state index contributed by atoms with van der Waals surface area (Å²) in [6, 6.07) is 79.6. The van der Waals surface area contributed by atoms with Crippen LogP contribution in [-0.4, -0.2) is 9.13 Å². The maximum atomic E-state index is 2.39. The van der Waals surface area contributed by atoms with Gasteiger partial charge in [-0.15, -0.1) is 0 Å². The van der Waals surface area contributed by atoms with Crippen LogP contribution >= 0.6 is 0 Å². The van der Waals surface area contributed by atoms with Gasteiger partial charge >= 0.3 is 0 Å². The fraction of sp³-hybridized carbons (Fsp3) is 0. The smallest absolute Gasteiger partial charge is 0.0541 e. The van der Waals surface area contributed by atoms with Gasteiger partial charge in [-0.3, -0.25) is 0 Å². The molecule has 0 amide bonds.